The first-order chi connectivity index (χ1) is 20.3. The number of alkyl halides is 1. The molecule has 1 aliphatic heterocycles. The second-order valence-electron chi connectivity index (χ2n) is 9.11. The molecule has 0 radical (unpaired) electrons. The molecule has 6 rings (SSSR count). The van der Waals surface area contributed by atoms with E-state index in [2.05, 4.69) is 25.4 Å². The van der Waals surface area contributed by atoms with E-state index in [4.69, 9.17) is 11.6 Å². The first-order valence-corrected chi connectivity index (χ1v) is 13.6. The zero-order valence-corrected chi connectivity index (χ0v) is 22.8. The molecule has 0 spiro atoms. The summed E-state index contributed by atoms with van der Waals surface area (Å²) in [7, 11) is 0. The van der Waals surface area contributed by atoms with Crippen molar-refractivity contribution in [1.82, 2.24) is 4.98 Å². The molecule has 14 heteroatoms. The van der Waals surface area contributed by atoms with Gasteiger partial charge in [0, 0.05) is 23.8 Å². The highest BCUT2D eigenvalue weighted by molar-refractivity contribution is 7.21. The van der Waals surface area contributed by atoms with Crippen molar-refractivity contribution in [3.8, 4) is 11.5 Å². The standard InChI is InChI=1S/C28H18ClN7O5S/c29-25-26(19-13-16(7-12-23(19)38)32-34-28-30-21-3-1-2-4-24(21)42-28)35(27(25)39)22-14-18(37)10-11-20(22)33-31-15-5-8-17(9-6-15)36(40)41/h1-14,25-26,37-38H. The summed E-state index contributed by atoms with van der Waals surface area (Å²) >= 11 is 7.84. The van der Waals surface area contributed by atoms with Crippen LogP contribution in [0, 0.1) is 10.1 Å². The Morgan fingerprint density at radius 2 is 1.64 bits per heavy atom. The number of nitrogens with zero attached hydrogens (tertiary/aromatic N) is 7. The van der Waals surface area contributed by atoms with Crippen LogP contribution in [0.2, 0.25) is 0 Å². The maximum absolute atomic E-state index is 13.0. The Kier molecular flexibility index (Phi) is 7.02. The molecule has 2 N–H and O–H groups in total. The Bertz CT molecular complexity index is 1880. The van der Waals surface area contributed by atoms with E-state index in [1.165, 1.54) is 64.8 Å². The van der Waals surface area contributed by atoms with Crippen LogP contribution in [0.15, 0.2) is 105 Å². The number of aromatic nitrogens is 1. The number of hydrogen-bond acceptors (Lipinski definition) is 11. The number of nitro benzene ring substituents is 1. The van der Waals surface area contributed by atoms with Gasteiger partial charge in [-0.05, 0) is 54.6 Å². The van der Waals surface area contributed by atoms with Gasteiger partial charge in [-0.2, -0.15) is 5.11 Å². The average Bonchev–Trinajstić information content (AvgIpc) is 3.42. The van der Waals surface area contributed by atoms with Gasteiger partial charge in [-0.25, -0.2) is 4.98 Å². The Balaban J connectivity index is 1.31. The summed E-state index contributed by atoms with van der Waals surface area (Å²) in [5, 5.41) is 48.1. The number of fused-ring (bicyclic) bond motifs is 1. The van der Waals surface area contributed by atoms with E-state index in [1.54, 1.807) is 12.1 Å². The first kappa shape index (κ1) is 26.9. The second kappa shape index (κ2) is 11.0. The fraction of sp³-hybridized carbons (Fsp3) is 0.0714. The zero-order chi connectivity index (χ0) is 29.4. The van der Waals surface area contributed by atoms with Gasteiger partial charge in [0.25, 0.3) is 5.69 Å². The highest BCUT2D eigenvalue weighted by atomic mass is 35.5. The molecule has 1 fully saturated rings. The van der Waals surface area contributed by atoms with Gasteiger partial charge in [0.1, 0.15) is 22.6 Å². The minimum absolute atomic E-state index is 0.0944. The number of azo groups is 2. The molecular weight excluding hydrogens is 582 g/mol. The van der Waals surface area contributed by atoms with Gasteiger partial charge >= 0.3 is 0 Å². The predicted octanol–water partition coefficient (Wildman–Crippen LogP) is 8.14. The molecule has 2 unspecified atom stereocenters. The fourth-order valence-electron chi connectivity index (χ4n) is 4.41. The lowest BCUT2D eigenvalue weighted by Gasteiger charge is -2.44. The van der Waals surface area contributed by atoms with Crippen LogP contribution in [-0.4, -0.2) is 31.4 Å². The quantitative estimate of drug-likeness (QED) is 0.0629. The summed E-state index contributed by atoms with van der Waals surface area (Å²) in [4.78, 5) is 29.2. The Morgan fingerprint density at radius 1 is 0.905 bits per heavy atom. The van der Waals surface area contributed by atoms with Gasteiger partial charge < -0.3 is 10.2 Å². The highest BCUT2D eigenvalue weighted by Crippen LogP contribution is 2.49. The Hall–Kier alpha value is -5.27. The number of benzene rings is 4. The molecule has 1 amide bonds. The molecule has 4 aromatic carbocycles. The number of amides is 1. The van der Waals surface area contributed by atoms with Crippen LogP contribution in [0.1, 0.15) is 11.6 Å². The van der Waals surface area contributed by atoms with E-state index < -0.39 is 22.2 Å². The van der Waals surface area contributed by atoms with Crippen molar-refractivity contribution in [3.05, 3.63) is 101 Å². The van der Waals surface area contributed by atoms with Gasteiger partial charge in [-0.15, -0.1) is 26.9 Å². The minimum Gasteiger partial charge on any atom is -0.508 e. The van der Waals surface area contributed by atoms with Crippen LogP contribution in [0.5, 0.6) is 11.5 Å². The van der Waals surface area contributed by atoms with Crippen molar-refractivity contribution >= 4 is 72.6 Å². The number of nitro groups is 1. The molecule has 1 aliphatic rings. The SMILES string of the molecule is O=C1C(Cl)C(c2cc(N=Nc3nc4ccccc4s3)ccc2O)N1c1cc(O)ccc1N=Nc1ccc([N+](=O)[O-])cc1. The van der Waals surface area contributed by atoms with Crippen molar-refractivity contribution in [3.63, 3.8) is 0 Å². The minimum atomic E-state index is -1.02. The van der Waals surface area contributed by atoms with Crippen LogP contribution in [0.3, 0.4) is 0 Å². The third kappa shape index (κ3) is 5.13. The molecule has 208 valence electrons. The number of anilines is 1. The predicted molar refractivity (Wildman–Crippen MR) is 157 cm³/mol. The number of phenols is 2. The van der Waals surface area contributed by atoms with Crippen molar-refractivity contribution in [2.45, 2.75) is 11.4 Å². The van der Waals surface area contributed by atoms with Gasteiger partial charge in [-0.1, -0.05) is 23.5 Å². The number of para-hydroxylation sites is 1. The Labute approximate surface area is 246 Å². The molecule has 0 saturated carbocycles. The average molecular weight is 600 g/mol. The number of carbonyl (C=O) groups is 1. The summed E-state index contributed by atoms with van der Waals surface area (Å²) in [5.41, 5.74) is 2.20. The number of β-lactam (4-membered cyclic amide) rings is 1. The second-order valence-corrected chi connectivity index (χ2v) is 10.6. The summed E-state index contributed by atoms with van der Waals surface area (Å²) in [6, 6.07) is 21.0. The maximum atomic E-state index is 13.0. The molecule has 2 atom stereocenters. The monoisotopic (exact) mass is 599 g/mol. The highest BCUT2D eigenvalue weighted by Gasteiger charge is 2.50. The van der Waals surface area contributed by atoms with E-state index in [9.17, 15) is 25.1 Å². The van der Waals surface area contributed by atoms with E-state index >= 15 is 0 Å². The number of aromatic hydroxyl groups is 2. The van der Waals surface area contributed by atoms with Crippen LogP contribution >= 0.6 is 22.9 Å². The van der Waals surface area contributed by atoms with Gasteiger partial charge in [-0.3, -0.25) is 19.8 Å². The fourth-order valence-corrected chi connectivity index (χ4v) is 5.55. The van der Waals surface area contributed by atoms with Crippen LogP contribution in [0.25, 0.3) is 10.2 Å². The number of thiazole rings is 1. The van der Waals surface area contributed by atoms with E-state index in [0.717, 1.165) is 10.2 Å². The molecular formula is C28H18ClN7O5S. The third-order valence-electron chi connectivity index (χ3n) is 6.44. The van der Waals surface area contributed by atoms with Crippen molar-refractivity contribution in [2.75, 3.05) is 4.90 Å². The molecule has 12 nitrogen and oxygen atoms in total. The summed E-state index contributed by atoms with van der Waals surface area (Å²) in [5.74, 6) is -0.720. The van der Waals surface area contributed by atoms with E-state index in [0.29, 0.717) is 22.1 Å². The van der Waals surface area contributed by atoms with E-state index in [-0.39, 0.29) is 28.6 Å². The normalized spacial score (nSPS) is 16.9. The number of carbonyl (C=O) groups excluding carboxylic acids is 1. The lowest BCUT2D eigenvalue weighted by Crippen LogP contribution is -2.56. The summed E-state index contributed by atoms with van der Waals surface area (Å²) in [6.45, 7) is 0. The molecule has 0 aliphatic carbocycles. The third-order valence-corrected chi connectivity index (χ3v) is 7.79. The first-order valence-electron chi connectivity index (χ1n) is 12.3. The molecule has 1 saturated heterocycles. The van der Waals surface area contributed by atoms with Gasteiger partial charge in [0.05, 0.1) is 38.2 Å². The number of rotatable bonds is 7. The molecule has 5 aromatic rings. The van der Waals surface area contributed by atoms with Crippen molar-refractivity contribution < 1.29 is 19.9 Å². The zero-order valence-electron chi connectivity index (χ0n) is 21.3. The molecule has 1 aromatic heterocycles. The number of halogens is 1. The maximum Gasteiger partial charge on any atom is 0.269 e. The Morgan fingerprint density at radius 3 is 2.40 bits per heavy atom. The van der Waals surface area contributed by atoms with Crippen molar-refractivity contribution in [2.24, 2.45) is 20.5 Å². The topological polar surface area (TPSA) is 166 Å². The van der Waals surface area contributed by atoms with Crippen LogP contribution < -0.4 is 4.90 Å². The lowest BCUT2D eigenvalue weighted by molar-refractivity contribution is -0.384. The molecule has 2 heterocycles. The van der Waals surface area contributed by atoms with Gasteiger partial charge in [0.2, 0.25) is 11.0 Å². The van der Waals surface area contributed by atoms with Crippen LogP contribution in [0.4, 0.5) is 33.6 Å². The number of phenolic OH excluding ortho intramolecular Hbond substituents is 2. The summed E-state index contributed by atoms with van der Waals surface area (Å²) < 4.78 is 0.971. The molecule has 0 bridgehead atoms. The molecule has 42 heavy (non-hydrogen) atoms. The number of non-ortho nitro benzene ring substituents is 1. The summed E-state index contributed by atoms with van der Waals surface area (Å²) in [6.07, 6.45) is 0. The largest absolute Gasteiger partial charge is 0.508 e. The number of hydrogen-bond donors (Lipinski definition) is 2. The van der Waals surface area contributed by atoms with Crippen molar-refractivity contribution in [1.29, 1.82) is 0 Å². The van der Waals surface area contributed by atoms with Crippen LogP contribution in [-0.2, 0) is 4.79 Å². The van der Waals surface area contributed by atoms with E-state index in [1.807, 2.05) is 24.3 Å². The lowest BCUT2D eigenvalue weighted by atomic mass is 9.91. The van der Waals surface area contributed by atoms with Gasteiger partial charge in [0.15, 0.2) is 0 Å². The smallest absolute Gasteiger partial charge is 0.269 e.